The van der Waals surface area contributed by atoms with Crippen molar-refractivity contribution in [3.05, 3.63) is 21.6 Å². The second-order valence-electron chi connectivity index (χ2n) is 5.28. The van der Waals surface area contributed by atoms with Gasteiger partial charge in [-0.3, -0.25) is 14.3 Å². The number of H-pyrrole nitrogens is 1. The first-order valence-electron chi connectivity index (χ1n) is 6.43. The van der Waals surface area contributed by atoms with Gasteiger partial charge in [0.2, 0.25) is 5.95 Å². The summed E-state index contributed by atoms with van der Waals surface area (Å²) >= 11 is 0. The summed E-state index contributed by atoms with van der Waals surface area (Å²) < 4.78 is 6.78. The maximum Gasteiger partial charge on any atom is 0.280 e. The minimum absolute atomic E-state index is 0.0139. The van der Waals surface area contributed by atoms with E-state index in [0.29, 0.717) is 0 Å². The molecule has 118 valence electrons. The van der Waals surface area contributed by atoms with Crippen LogP contribution in [0.2, 0.25) is 0 Å². The number of hydrogen-bond acceptors (Lipinski definition) is 9. The molecule has 0 saturated carbocycles. The van der Waals surface area contributed by atoms with Crippen molar-refractivity contribution in [2.75, 3.05) is 12.3 Å². The molecule has 1 saturated heterocycles. The lowest BCUT2D eigenvalue weighted by atomic mass is 9.96. The van der Waals surface area contributed by atoms with Crippen LogP contribution in [-0.4, -0.2) is 54.1 Å². The van der Waals surface area contributed by atoms with Crippen LogP contribution in [0.5, 0.6) is 0 Å². The predicted molar refractivity (Wildman–Crippen MR) is 73.8 cm³/mol. The fourth-order valence-corrected chi connectivity index (χ4v) is 2.58. The average molecular weight is 310 g/mol. The van der Waals surface area contributed by atoms with E-state index in [1.165, 1.54) is 17.8 Å². The van der Waals surface area contributed by atoms with Gasteiger partial charge in [-0.1, -0.05) is 5.18 Å². The molecule has 0 spiro atoms. The summed E-state index contributed by atoms with van der Waals surface area (Å²) in [4.78, 5) is 32.3. The van der Waals surface area contributed by atoms with Gasteiger partial charge in [-0.2, -0.15) is 9.89 Å². The monoisotopic (exact) mass is 310 g/mol. The third-order valence-corrected chi connectivity index (χ3v) is 3.71. The number of nitrogens with zero attached hydrogens (tertiary/aromatic N) is 4. The molecular formula is C11H14N6O5. The number of rotatable bonds is 3. The van der Waals surface area contributed by atoms with E-state index in [4.69, 9.17) is 10.5 Å². The maximum absolute atomic E-state index is 11.8. The number of nitrogen functional groups attached to an aromatic ring is 1. The molecule has 0 radical (unpaired) electrons. The van der Waals surface area contributed by atoms with Crippen molar-refractivity contribution in [2.24, 2.45) is 5.18 Å². The lowest BCUT2D eigenvalue weighted by Gasteiger charge is -2.27. The Morgan fingerprint density at radius 2 is 2.36 bits per heavy atom. The SMILES string of the molecule is C[C@@]1(O)[C@H](O)[C@@H](CN=O)O[C@H]1n1cnc2c(=O)[nH]c(N)nc21. The van der Waals surface area contributed by atoms with E-state index in [-0.39, 0.29) is 23.7 Å². The molecule has 0 aromatic carbocycles. The molecule has 1 aliphatic rings. The van der Waals surface area contributed by atoms with E-state index in [2.05, 4.69) is 20.1 Å². The zero-order valence-electron chi connectivity index (χ0n) is 11.5. The Morgan fingerprint density at radius 3 is 3.05 bits per heavy atom. The van der Waals surface area contributed by atoms with Gasteiger partial charge in [0.15, 0.2) is 17.4 Å². The molecule has 0 aliphatic carbocycles. The Hall–Kier alpha value is -2.37. The fraction of sp³-hybridized carbons (Fsp3) is 0.545. The standard InChI is InChI=1S/C11H14N6O5/c1-11(20)6(18)4(2-14-21)22-9(11)17-3-13-5-7(17)15-10(12)16-8(5)19/h3-4,6,9,18,20H,2H2,1H3,(H3,12,15,16,19)/t4-,6-,9-,11-/m1/s1. The lowest BCUT2D eigenvalue weighted by molar-refractivity contribution is -0.0937. The van der Waals surface area contributed by atoms with Crippen LogP contribution in [0.4, 0.5) is 5.95 Å². The molecule has 2 aromatic heterocycles. The largest absolute Gasteiger partial charge is 0.387 e. The molecule has 0 bridgehead atoms. The van der Waals surface area contributed by atoms with Crippen molar-refractivity contribution < 1.29 is 14.9 Å². The number of aliphatic hydroxyl groups excluding tert-OH is 1. The van der Waals surface area contributed by atoms with Crippen molar-refractivity contribution in [2.45, 2.75) is 31.0 Å². The van der Waals surface area contributed by atoms with Crippen LogP contribution in [0.1, 0.15) is 13.2 Å². The quantitative estimate of drug-likeness (QED) is 0.495. The zero-order chi connectivity index (χ0) is 16.1. The average Bonchev–Trinajstić information content (AvgIpc) is 2.94. The molecule has 1 aliphatic heterocycles. The van der Waals surface area contributed by atoms with Crippen molar-refractivity contribution in [1.82, 2.24) is 19.5 Å². The summed E-state index contributed by atoms with van der Waals surface area (Å²) in [5.74, 6) is -0.122. The second kappa shape index (κ2) is 4.83. The number of aromatic nitrogens is 4. The lowest BCUT2D eigenvalue weighted by Crippen LogP contribution is -2.44. The molecule has 5 N–H and O–H groups in total. The topological polar surface area (TPSA) is 169 Å². The number of fused-ring (bicyclic) bond motifs is 1. The molecule has 3 heterocycles. The number of aliphatic hydroxyl groups is 2. The molecule has 11 nitrogen and oxygen atoms in total. The minimum atomic E-state index is -1.73. The Labute approximate surface area is 122 Å². The van der Waals surface area contributed by atoms with Crippen LogP contribution in [0, 0.1) is 4.91 Å². The number of nitroso groups, excluding NO2 is 1. The van der Waals surface area contributed by atoms with Crippen molar-refractivity contribution >= 4 is 17.1 Å². The number of hydrogen-bond donors (Lipinski definition) is 4. The minimum Gasteiger partial charge on any atom is -0.387 e. The molecule has 3 rings (SSSR count). The summed E-state index contributed by atoms with van der Waals surface area (Å²) in [7, 11) is 0. The van der Waals surface area contributed by atoms with Crippen molar-refractivity contribution in [3.63, 3.8) is 0 Å². The summed E-state index contributed by atoms with van der Waals surface area (Å²) in [6, 6.07) is 0. The number of aromatic amines is 1. The first-order valence-corrected chi connectivity index (χ1v) is 6.43. The van der Waals surface area contributed by atoms with E-state index in [1.807, 2.05) is 0 Å². The van der Waals surface area contributed by atoms with Gasteiger partial charge in [0.25, 0.3) is 5.56 Å². The predicted octanol–water partition coefficient (Wildman–Crippen LogP) is -1.52. The molecule has 1 fully saturated rings. The molecule has 0 amide bonds. The highest BCUT2D eigenvalue weighted by Crippen LogP contribution is 2.39. The molecule has 0 unspecified atom stereocenters. The van der Waals surface area contributed by atoms with Crippen LogP contribution >= 0.6 is 0 Å². The highest BCUT2D eigenvalue weighted by atomic mass is 16.6. The maximum atomic E-state index is 11.8. The number of imidazole rings is 1. The van der Waals surface area contributed by atoms with Crippen LogP contribution in [-0.2, 0) is 4.74 Å². The number of ether oxygens (including phenoxy) is 1. The molecule has 11 heteroatoms. The summed E-state index contributed by atoms with van der Waals surface area (Å²) in [6.07, 6.45) is -2.18. The number of nitrogens with one attached hydrogen (secondary N) is 1. The Morgan fingerprint density at radius 1 is 1.64 bits per heavy atom. The summed E-state index contributed by atoms with van der Waals surface area (Å²) in [5, 5.41) is 23.2. The summed E-state index contributed by atoms with van der Waals surface area (Å²) in [6.45, 7) is 1.02. The number of nitrogens with two attached hydrogens (primary N) is 1. The van der Waals surface area contributed by atoms with Gasteiger partial charge in [0.05, 0.1) is 6.33 Å². The molecule has 2 aromatic rings. The van der Waals surface area contributed by atoms with Crippen molar-refractivity contribution in [3.8, 4) is 0 Å². The molecule has 22 heavy (non-hydrogen) atoms. The summed E-state index contributed by atoms with van der Waals surface area (Å²) in [5.41, 5.74) is 3.34. The smallest absolute Gasteiger partial charge is 0.280 e. The normalized spacial score (nSPS) is 31.7. The van der Waals surface area contributed by atoms with Gasteiger partial charge in [-0.05, 0) is 6.92 Å². The third kappa shape index (κ3) is 1.98. The fourth-order valence-electron chi connectivity index (χ4n) is 2.58. The van der Waals surface area contributed by atoms with E-state index >= 15 is 0 Å². The first-order chi connectivity index (χ1) is 10.4. The van der Waals surface area contributed by atoms with Gasteiger partial charge < -0.3 is 20.7 Å². The van der Waals surface area contributed by atoms with Gasteiger partial charge in [0.1, 0.15) is 24.4 Å². The number of anilines is 1. The third-order valence-electron chi connectivity index (χ3n) is 3.71. The van der Waals surface area contributed by atoms with Crippen LogP contribution in [0.3, 0.4) is 0 Å². The molecular weight excluding hydrogens is 296 g/mol. The van der Waals surface area contributed by atoms with Gasteiger partial charge >= 0.3 is 0 Å². The van der Waals surface area contributed by atoms with Gasteiger partial charge in [0, 0.05) is 0 Å². The van der Waals surface area contributed by atoms with Crippen LogP contribution < -0.4 is 11.3 Å². The van der Waals surface area contributed by atoms with Crippen molar-refractivity contribution in [1.29, 1.82) is 0 Å². The Kier molecular flexibility index (Phi) is 3.20. The zero-order valence-corrected chi connectivity index (χ0v) is 11.5. The van der Waals surface area contributed by atoms with E-state index in [9.17, 15) is 19.9 Å². The van der Waals surface area contributed by atoms with E-state index in [0.717, 1.165) is 0 Å². The van der Waals surface area contributed by atoms with E-state index < -0.39 is 29.6 Å². The highest BCUT2D eigenvalue weighted by Gasteiger charge is 2.53. The van der Waals surface area contributed by atoms with Crippen LogP contribution in [0.25, 0.3) is 11.2 Å². The Balaban J connectivity index is 2.11. The van der Waals surface area contributed by atoms with Gasteiger partial charge in [-0.15, -0.1) is 0 Å². The van der Waals surface area contributed by atoms with E-state index in [1.54, 1.807) is 0 Å². The Bertz CT molecular complexity index is 783. The van der Waals surface area contributed by atoms with Gasteiger partial charge in [-0.25, -0.2) is 4.98 Å². The second-order valence-corrected chi connectivity index (χ2v) is 5.28. The molecule has 4 atom stereocenters. The first kappa shape index (κ1) is 14.6. The highest BCUT2D eigenvalue weighted by molar-refractivity contribution is 5.70. The van der Waals surface area contributed by atoms with Crippen LogP contribution in [0.15, 0.2) is 16.3 Å².